The lowest BCUT2D eigenvalue weighted by molar-refractivity contribution is -0.896. The van der Waals surface area contributed by atoms with E-state index in [9.17, 15) is 9.59 Å². The quantitative estimate of drug-likeness (QED) is 0.507. The van der Waals surface area contributed by atoms with Crippen LogP contribution < -0.4 is 16.2 Å². The van der Waals surface area contributed by atoms with Gasteiger partial charge in [0.05, 0.1) is 35.8 Å². The molecular weight excluding hydrogens is 336 g/mol. The summed E-state index contributed by atoms with van der Waals surface area (Å²) in [6.45, 7) is 9.80. The van der Waals surface area contributed by atoms with Crippen LogP contribution in [-0.4, -0.2) is 40.3 Å². The highest BCUT2D eigenvalue weighted by Crippen LogP contribution is 2.22. The van der Waals surface area contributed by atoms with Crippen LogP contribution in [0, 0.1) is 0 Å². The first-order valence-corrected chi connectivity index (χ1v) is 9.65. The van der Waals surface area contributed by atoms with Crippen molar-refractivity contribution in [1.29, 1.82) is 0 Å². The maximum absolute atomic E-state index is 12.9. The van der Waals surface area contributed by atoms with Gasteiger partial charge in [-0.3, -0.25) is 14.2 Å². The van der Waals surface area contributed by atoms with Crippen LogP contribution in [0.2, 0.25) is 0 Å². The van der Waals surface area contributed by atoms with Gasteiger partial charge in [0.15, 0.2) is 5.16 Å². The van der Waals surface area contributed by atoms with Crippen molar-refractivity contribution in [1.82, 2.24) is 9.55 Å². The van der Waals surface area contributed by atoms with Crippen LogP contribution >= 0.6 is 11.8 Å². The van der Waals surface area contributed by atoms with Gasteiger partial charge in [-0.1, -0.05) is 23.9 Å². The summed E-state index contributed by atoms with van der Waals surface area (Å²) in [6, 6.07) is 7.31. The fourth-order valence-electron chi connectivity index (χ4n) is 2.74. The number of aromatic nitrogens is 2. The zero-order valence-electron chi connectivity index (χ0n) is 15.1. The Morgan fingerprint density at radius 2 is 2.00 bits per heavy atom. The van der Waals surface area contributed by atoms with Gasteiger partial charge in [0, 0.05) is 13.0 Å². The topological polar surface area (TPSA) is 82.4 Å². The third-order valence-electron chi connectivity index (χ3n) is 4.42. The van der Waals surface area contributed by atoms with Crippen LogP contribution in [-0.2, 0) is 11.3 Å². The minimum absolute atomic E-state index is 0.0562. The molecule has 0 fully saturated rings. The average Bonchev–Trinajstić information content (AvgIpc) is 2.61. The molecule has 0 bridgehead atoms. The van der Waals surface area contributed by atoms with E-state index in [1.165, 1.54) is 16.7 Å². The number of rotatable bonds is 9. The van der Waals surface area contributed by atoms with Gasteiger partial charge in [0.25, 0.3) is 5.56 Å². The molecule has 1 aromatic heterocycles. The minimum Gasteiger partial charge on any atom is -0.369 e. The largest absolute Gasteiger partial charge is 0.369 e. The van der Waals surface area contributed by atoms with E-state index >= 15 is 0 Å². The molecule has 0 radical (unpaired) electrons. The Bertz CT molecular complexity index is 786. The summed E-state index contributed by atoms with van der Waals surface area (Å²) in [4.78, 5) is 30.4. The Kier molecular flexibility index (Phi) is 7.01. The normalized spacial score (nSPS) is 12.6. The van der Waals surface area contributed by atoms with Crippen molar-refractivity contribution in [2.24, 2.45) is 5.73 Å². The van der Waals surface area contributed by atoms with Gasteiger partial charge in [-0.05, 0) is 32.9 Å². The second-order valence-electron chi connectivity index (χ2n) is 6.09. The second-order valence-corrected chi connectivity index (χ2v) is 7.40. The van der Waals surface area contributed by atoms with Gasteiger partial charge >= 0.3 is 0 Å². The molecule has 1 atom stereocenters. The molecule has 1 heterocycles. The summed E-state index contributed by atoms with van der Waals surface area (Å²) in [5.41, 5.74) is 5.98. The number of hydrogen-bond donors (Lipinski definition) is 2. The molecular formula is C18H27N4O2S+. The minimum atomic E-state index is -0.437. The lowest BCUT2D eigenvalue weighted by Gasteiger charge is -2.17. The summed E-state index contributed by atoms with van der Waals surface area (Å²) < 4.78 is 1.69. The van der Waals surface area contributed by atoms with E-state index in [0.717, 1.165) is 26.1 Å². The van der Waals surface area contributed by atoms with Crippen molar-refractivity contribution in [2.45, 2.75) is 44.1 Å². The molecule has 2 aromatic rings. The Balaban J connectivity index is 2.35. The molecule has 0 spiro atoms. The van der Waals surface area contributed by atoms with Crippen molar-refractivity contribution in [3.05, 3.63) is 34.6 Å². The fourth-order valence-corrected chi connectivity index (χ4v) is 3.63. The number of carbonyl (C=O) groups is 1. The number of benzene rings is 1. The number of primary amides is 1. The van der Waals surface area contributed by atoms with Crippen LogP contribution in [0.3, 0.4) is 0 Å². The standard InChI is InChI=1S/C18H26N4O2S/c1-4-21(5-2)11-8-12-22-17(24)14-9-6-7-10-15(14)20-18(22)25-13(3)16(19)23/h6-7,9-10,13H,4-5,8,11-12H2,1-3H3,(H2,19,23)/p+1/t13-/m1/s1. The lowest BCUT2D eigenvalue weighted by Crippen LogP contribution is -3.11. The number of nitrogens with two attached hydrogens (primary N) is 1. The van der Waals surface area contributed by atoms with Crippen molar-refractivity contribution in [3.8, 4) is 0 Å². The average molecular weight is 364 g/mol. The predicted octanol–water partition coefficient (Wildman–Crippen LogP) is 0.677. The summed E-state index contributed by atoms with van der Waals surface area (Å²) in [6.07, 6.45) is 0.884. The van der Waals surface area contributed by atoms with Gasteiger partial charge in [0.1, 0.15) is 0 Å². The molecule has 1 amide bonds. The Labute approximate surface area is 152 Å². The van der Waals surface area contributed by atoms with Crippen molar-refractivity contribution in [3.63, 3.8) is 0 Å². The van der Waals surface area contributed by atoms with Crippen molar-refractivity contribution >= 4 is 28.6 Å². The Hall–Kier alpha value is -1.86. The predicted molar refractivity (Wildman–Crippen MR) is 102 cm³/mol. The molecule has 3 N–H and O–H groups in total. The highest BCUT2D eigenvalue weighted by atomic mass is 32.2. The highest BCUT2D eigenvalue weighted by Gasteiger charge is 2.17. The third kappa shape index (κ3) is 4.83. The van der Waals surface area contributed by atoms with Crippen LogP contribution in [0.15, 0.2) is 34.2 Å². The number of carbonyl (C=O) groups excluding carboxylic acids is 1. The molecule has 7 heteroatoms. The number of amides is 1. The van der Waals surface area contributed by atoms with Crippen LogP contribution in [0.1, 0.15) is 27.2 Å². The fraction of sp³-hybridized carbons (Fsp3) is 0.500. The van der Waals surface area contributed by atoms with Gasteiger partial charge in [0.2, 0.25) is 5.91 Å². The number of nitrogens with one attached hydrogen (secondary N) is 1. The third-order valence-corrected chi connectivity index (χ3v) is 5.53. The summed E-state index contributed by atoms with van der Waals surface area (Å²) in [5.74, 6) is -0.411. The lowest BCUT2D eigenvalue weighted by atomic mass is 10.2. The van der Waals surface area contributed by atoms with E-state index in [0.29, 0.717) is 22.6 Å². The molecule has 6 nitrogen and oxygen atoms in total. The Morgan fingerprint density at radius 1 is 1.32 bits per heavy atom. The van der Waals surface area contributed by atoms with Crippen LogP contribution in [0.4, 0.5) is 0 Å². The number of fused-ring (bicyclic) bond motifs is 1. The van der Waals surface area contributed by atoms with E-state index < -0.39 is 11.2 Å². The van der Waals surface area contributed by atoms with E-state index in [1.807, 2.05) is 18.2 Å². The van der Waals surface area contributed by atoms with E-state index in [1.54, 1.807) is 17.6 Å². The maximum atomic E-state index is 12.9. The van der Waals surface area contributed by atoms with E-state index in [2.05, 4.69) is 18.8 Å². The molecule has 136 valence electrons. The van der Waals surface area contributed by atoms with Gasteiger partial charge in [-0.2, -0.15) is 0 Å². The number of nitrogens with zero attached hydrogens (tertiary/aromatic N) is 2. The molecule has 0 aliphatic carbocycles. The molecule has 0 saturated carbocycles. The molecule has 0 aliphatic rings. The van der Waals surface area contributed by atoms with E-state index in [-0.39, 0.29) is 5.56 Å². The maximum Gasteiger partial charge on any atom is 0.262 e. The summed E-state index contributed by atoms with van der Waals surface area (Å²) >= 11 is 1.25. The monoisotopic (exact) mass is 363 g/mol. The van der Waals surface area contributed by atoms with Crippen LogP contribution in [0.25, 0.3) is 10.9 Å². The van der Waals surface area contributed by atoms with Crippen molar-refractivity contribution in [2.75, 3.05) is 19.6 Å². The molecule has 0 saturated heterocycles. The first-order valence-electron chi connectivity index (χ1n) is 8.77. The number of thioether (sulfide) groups is 1. The molecule has 0 aliphatic heterocycles. The number of hydrogen-bond acceptors (Lipinski definition) is 4. The first-order chi connectivity index (χ1) is 12.0. The van der Waals surface area contributed by atoms with Gasteiger partial charge in [-0.25, -0.2) is 4.98 Å². The molecule has 25 heavy (non-hydrogen) atoms. The first kappa shape index (κ1) is 19.5. The highest BCUT2D eigenvalue weighted by molar-refractivity contribution is 8.00. The summed E-state index contributed by atoms with van der Waals surface area (Å²) in [7, 11) is 0. The molecule has 0 unspecified atom stereocenters. The van der Waals surface area contributed by atoms with Crippen LogP contribution in [0.5, 0.6) is 0 Å². The number of para-hydroxylation sites is 1. The van der Waals surface area contributed by atoms with E-state index in [4.69, 9.17) is 5.73 Å². The smallest absolute Gasteiger partial charge is 0.262 e. The molecule has 1 aromatic carbocycles. The van der Waals surface area contributed by atoms with Gasteiger partial charge in [-0.15, -0.1) is 0 Å². The van der Waals surface area contributed by atoms with Crippen molar-refractivity contribution < 1.29 is 9.69 Å². The zero-order valence-corrected chi connectivity index (χ0v) is 15.9. The second kappa shape index (κ2) is 9.01. The Morgan fingerprint density at radius 3 is 2.64 bits per heavy atom. The van der Waals surface area contributed by atoms with Gasteiger partial charge < -0.3 is 10.6 Å². The number of quaternary nitrogens is 1. The zero-order chi connectivity index (χ0) is 18.4. The summed E-state index contributed by atoms with van der Waals surface area (Å²) in [5, 5.41) is 0.728. The molecule has 2 rings (SSSR count). The SMILES string of the molecule is CC[NH+](CC)CCCn1c(S[C@H](C)C(N)=O)nc2ccccc2c1=O.